The lowest BCUT2D eigenvalue weighted by Gasteiger charge is -2.18. The number of aryl methyl sites for hydroxylation is 1. The number of nitrogens with two attached hydrogens (primary N) is 1. The van der Waals surface area contributed by atoms with E-state index in [9.17, 15) is 4.79 Å². The van der Waals surface area contributed by atoms with E-state index in [1.807, 2.05) is 39.0 Å². The number of hydrogen-bond acceptors (Lipinski definition) is 4. The van der Waals surface area contributed by atoms with Gasteiger partial charge in [0.25, 0.3) is 0 Å². The SMILES string of the molecule is CCOC(=O)CC(C)CC(N)c1ccc(OC)c(C)c1. The van der Waals surface area contributed by atoms with Gasteiger partial charge in [0.2, 0.25) is 0 Å². The first-order valence-electron chi connectivity index (χ1n) is 7.03. The van der Waals surface area contributed by atoms with Gasteiger partial charge in [0.1, 0.15) is 5.75 Å². The summed E-state index contributed by atoms with van der Waals surface area (Å²) in [5.41, 5.74) is 8.35. The van der Waals surface area contributed by atoms with Crippen LogP contribution in [0.3, 0.4) is 0 Å². The van der Waals surface area contributed by atoms with E-state index in [0.717, 1.165) is 23.3 Å². The highest BCUT2D eigenvalue weighted by molar-refractivity contribution is 5.69. The summed E-state index contributed by atoms with van der Waals surface area (Å²) in [6, 6.07) is 5.87. The van der Waals surface area contributed by atoms with Crippen molar-refractivity contribution in [1.29, 1.82) is 0 Å². The van der Waals surface area contributed by atoms with Crippen LogP contribution in [0.25, 0.3) is 0 Å². The maximum Gasteiger partial charge on any atom is 0.306 e. The van der Waals surface area contributed by atoms with Gasteiger partial charge < -0.3 is 15.2 Å². The third-order valence-electron chi connectivity index (χ3n) is 3.32. The highest BCUT2D eigenvalue weighted by Crippen LogP contribution is 2.25. The van der Waals surface area contributed by atoms with E-state index in [-0.39, 0.29) is 17.9 Å². The van der Waals surface area contributed by atoms with Crippen molar-refractivity contribution < 1.29 is 14.3 Å². The van der Waals surface area contributed by atoms with Crippen LogP contribution in [-0.4, -0.2) is 19.7 Å². The molecule has 0 heterocycles. The van der Waals surface area contributed by atoms with Gasteiger partial charge in [0, 0.05) is 12.5 Å². The Hall–Kier alpha value is -1.55. The minimum Gasteiger partial charge on any atom is -0.496 e. The number of benzene rings is 1. The zero-order valence-corrected chi connectivity index (χ0v) is 12.8. The van der Waals surface area contributed by atoms with Crippen LogP contribution in [0, 0.1) is 12.8 Å². The summed E-state index contributed by atoms with van der Waals surface area (Å²) < 4.78 is 10.2. The Balaban J connectivity index is 2.59. The van der Waals surface area contributed by atoms with Gasteiger partial charge in [0.15, 0.2) is 0 Å². The molecule has 2 atom stereocenters. The summed E-state index contributed by atoms with van der Waals surface area (Å²) >= 11 is 0. The zero-order chi connectivity index (χ0) is 15.1. The largest absolute Gasteiger partial charge is 0.496 e. The Morgan fingerprint density at radius 3 is 2.65 bits per heavy atom. The number of ether oxygens (including phenoxy) is 2. The van der Waals surface area contributed by atoms with Crippen molar-refractivity contribution >= 4 is 5.97 Å². The van der Waals surface area contributed by atoms with Crippen molar-refractivity contribution in [2.45, 2.75) is 39.7 Å². The van der Waals surface area contributed by atoms with E-state index >= 15 is 0 Å². The predicted octanol–water partition coefficient (Wildman–Crippen LogP) is 2.98. The molecule has 112 valence electrons. The first-order valence-corrected chi connectivity index (χ1v) is 7.03. The van der Waals surface area contributed by atoms with Gasteiger partial charge in [-0.2, -0.15) is 0 Å². The molecule has 0 spiro atoms. The first kappa shape index (κ1) is 16.5. The summed E-state index contributed by atoms with van der Waals surface area (Å²) in [6.07, 6.45) is 1.17. The van der Waals surface area contributed by atoms with Crippen LogP contribution in [0.4, 0.5) is 0 Å². The minimum absolute atomic E-state index is 0.0796. The predicted molar refractivity (Wildman–Crippen MR) is 79.7 cm³/mol. The summed E-state index contributed by atoms with van der Waals surface area (Å²) in [7, 11) is 1.66. The van der Waals surface area contributed by atoms with E-state index in [1.165, 1.54) is 0 Å². The van der Waals surface area contributed by atoms with Crippen molar-refractivity contribution in [2.75, 3.05) is 13.7 Å². The fraction of sp³-hybridized carbons (Fsp3) is 0.562. The third-order valence-corrected chi connectivity index (χ3v) is 3.32. The normalized spacial score (nSPS) is 13.7. The molecular weight excluding hydrogens is 254 g/mol. The molecule has 0 saturated carbocycles. The van der Waals surface area contributed by atoms with Crippen LogP contribution in [0.1, 0.15) is 43.9 Å². The molecule has 0 fully saturated rings. The lowest BCUT2D eigenvalue weighted by atomic mass is 9.93. The van der Waals surface area contributed by atoms with Crippen molar-refractivity contribution in [1.82, 2.24) is 0 Å². The van der Waals surface area contributed by atoms with E-state index in [0.29, 0.717) is 13.0 Å². The van der Waals surface area contributed by atoms with Crippen LogP contribution >= 0.6 is 0 Å². The van der Waals surface area contributed by atoms with Crippen LogP contribution in [0.5, 0.6) is 5.75 Å². The lowest BCUT2D eigenvalue weighted by molar-refractivity contribution is -0.144. The Labute approximate surface area is 121 Å². The van der Waals surface area contributed by atoms with E-state index in [4.69, 9.17) is 15.2 Å². The molecule has 0 bridgehead atoms. The third kappa shape index (κ3) is 4.85. The zero-order valence-electron chi connectivity index (χ0n) is 12.8. The number of rotatable bonds is 7. The van der Waals surface area contributed by atoms with Gasteiger partial charge in [-0.15, -0.1) is 0 Å². The molecule has 0 radical (unpaired) electrons. The fourth-order valence-corrected chi connectivity index (χ4v) is 2.29. The standard InChI is InChI=1S/C16H25NO3/c1-5-20-16(18)9-11(2)8-14(17)13-6-7-15(19-4)12(3)10-13/h6-7,10-11,14H,5,8-9,17H2,1-4H3. The second-order valence-corrected chi connectivity index (χ2v) is 5.19. The van der Waals surface area contributed by atoms with E-state index < -0.39 is 0 Å². The summed E-state index contributed by atoms with van der Waals surface area (Å²) in [6.45, 7) is 6.26. The maximum atomic E-state index is 11.4. The topological polar surface area (TPSA) is 61.5 Å². The Morgan fingerprint density at radius 1 is 1.40 bits per heavy atom. The molecular formula is C16H25NO3. The van der Waals surface area contributed by atoms with Crippen molar-refractivity contribution in [3.8, 4) is 5.75 Å². The molecule has 0 saturated heterocycles. The number of methoxy groups -OCH3 is 1. The first-order chi connectivity index (χ1) is 9.47. The number of carbonyl (C=O) groups excluding carboxylic acids is 1. The van der Waals surface area contributed by atoms with Gasteiger partial charge in [-0.1, -0.05) is 19.1 Å². The number of carbonyl (C=O) groups is 1. The molecule has 20 heavy (non-hydrogen) atoms. The molecule has 4 heteroatoms. The van der Waals surface area contributed by atoms with Crippen molar-refractivity contribution in [3.05, 3.63) is 29.3 Å². The molecule has 0 aliphatic rings. The van der Waals surface area contributed by atoms with Crippen molar-refractivity contribution in [3.63, 3.8) is 0 Å². The minimum atomic E-state index is -0.155. The smallest absolute Gasteiger partial charge is 0.306 e. The van der Waals surface area contributed by atoms with Gasteiger partial charge in [0.05, 0.1) is 13.7 Å². The molecule has 2 N–H and O–H groups in total. The summed E-state index contributed by atoms with van der Waals surface area (Å²) in [4.78, 5) is 11.4. The monoisotopic (exact) mass is 279 g/mol. The number of hydrogen-bond donors (Lipinski definition) is 1. The average Bonchev–Trinajstić information content (AvgIpc) is 2.38. The molecule has 0 aliphatic heterocycles. The van der Waals surface area contributed by atoms with E-state index in [1.54, 1.807) is 7.11 Å². The van der Waals surface area contributed by atoms with Gasteiger partial charge in [-0.25, -0.2) is 0 Å². The van der Waals surface area contributed by atoms with E-state index in [2.05, 4.69) is 0 Å². The second-order valence-electron chi connectivity index (χ2n) is 5.19. The molecule has 0 amide bonds. The van der Waals surface area contributed by atoms with Gasteiger partial charge >= 0.3 is 5.97 Å². The molecule has 4 nitrogen and oxygen atoms in total. The average molecular weight is 279 g/mol. The van der Waals surface area contributed by atoms with Crippen LogP contribution in [-0.2, 0) is 9.53 Å². The van der Waals surface area contributed by atoms with Crippen LogP contribution < -0.4 is 10.5 Å². The number of esters is 1. The quantitative estimate of drug-likeness (QED) is 0.779. The van der Waals surface area contributed by atoms with Gasteiger partial charge in [-0.05, 0) is 43.4 Å². The Bertz CT molecular complexity index is 445. The molecule has 1 aromatic carbocycles. The van der Waals surface area contributed by atoms with Crippen molar-refractivity contribution in [2.24, 2.45) is 11.7 Å². The maximum absolute atomic E-state index is 11.4. The van der Waals surface area contributed by atoms with Gasteiger partial charge in [-0.3, -0.25) is 4.79 Å². The second kappa shape index (κ2) is 7.90. The summed E-state index contributed by atoms with van der Waals surface area (Å²) in [5.74, 6) is 0.907. The highest BCUT2D eigenvalue weighted by atomic mass is 16.5. The summed E-state index contributed by atoms with van der Waals surface area (Å²) in [5, 5.41) is 0. The fourth-order valence-electron chi connectivity index (χ4n) is 2.29. The molecule has 2 unspecified atom stereocenters. The molecule has 0 aliphatic carbocycles. The lowest BCUT2D eigenvalue weighted by Crippen LogP contribution is -2.17. The van der Waals surface area contributed by atoms with Crippen LogP contribution in [0.15, 0.2) is 18.2 Å². The Kier molecular flexibility index (Phi) is 6.52. The molecule has 1 rings (SSSR count). The molecule has 0 aromatic heterocycles. The molecule has 1 aromatic rings. The van der Waals surface area contributed by atoms with Crippen LogP contribution in [0.2, 0.25) is 0 Å². The Morgan fingerprint density at radius 2 is 2.10 bits per heavy atom. The highest BCUT2D eigenvalue weighted by Gasteiger charge is 2.15.